The second-order valence-corrected chi connectivity index (χ2v) is 4.71. The van der Waals surface area contributed by atoms with Crippen LogP contribution in [0.4, 0.5) is 10.5 Å². The molecule has 0 saturated heterocycles. The smallest absolute Gasteiger partial charge is 0.430 e. The van der Waals surface area contributed by atoms with Gasteiger partial charge in [0.25, 0.3) is 0 Å². The molecule has 0 atom stereocenters. The molecule has 1 aromatic carbocycles. The number of allylic oxidation sites excluding steroid dienone is 1. The van der Waals surface area contributed by atoms with Crippen molar-refractivity contribution in [2.75, 3.05) is 6.61 Å². The van der Waals surface area contributed by atoms with E-state index >= 15 is 0 Å². The third kappa shape index (κ3) is 6.88. The van der Waals surface area contributed by atoms with Gasteiger partial charge in [-0.1, -0.05) is 50.5 Å². The molecule has 0 spiro atoms. The number of unbranched alkanes of at least 4 members (excludes halogenated alkanes) is 4. The Balaban J connectivity index is 2.29. The first-order valence-electron chi connectivity index (χ1n) is 7.38. The molecule has 0 heterocycles. The number of carbonyl (C=O) groups is 1. The molecule has 0 radical (unpaired) electrons. The first kappa shape index (κ1) is 17.7. The number of nitro benzene ring substituents is 1. The van der Waals surface area contributed by atoms with Gasteiger partial charge in [-0.05, 0) is 18.9 Å². The number of carbonyl (C=O) groups excluding carboxylic acids is 1. The normalized spacial score (nSPS) is 10.6. The predicted octanol–water partition coefficient (Wildman–Crippen LogP) is 4.64. The fraction of sp³-hybridized carbons (Fsp3) is 0.438. The second-order valence-electron chi connectivity index (χ2n) is 4.71. The monoisotopic (exact) mass is 307 g/mol. The first-order chi connectivity index (χ1) is 10.6. The molecule has 120 valence electrons. The van der Waals surface area contributed by atoms with Gasteiger partial charge < -0.3 is 9.47 Å². The highest BCUT2D eigenvalue weighted by Crippen LogP contribution is 2.26. The Labute approximate surface area is 129 Å². The molecule has 0 fully saturated rings. The molecule has 0 aromatic heterocycles. The Bertz CT molecular complexity index is 513. The van der Waals surface area contributed by atoms with Gasteiger partial charge in [-0.15, -0.1) is 0 Å². The average Bonchev–Trinajstić information content (AvgIpc) is 2.50. The van der Waals surface area contributed by atoms with E-state index in [4.69, 9.17) is 9.47 Å². The average molecular weight is 307 g/mol. The summed E-state index contributed by atoms with van der Waals surface area (Å²) in [5, 5.41) is 10.8. The molecule has 1 aromatic rings. The molecule has 0 unspecified atom stereocenters. The van der Waals surface area contributed by atoms with E-state index in [2.05, 4.69) is 6.92 Å². The minimum Gasteiger partial charge on any atom is -0.430 e. The number of nitrogens with zero attached hydrogens (tertiary/aromatic N) is 1. The van der Waals surface area contributed by atoms with E-state index < -0.39 is 11.1 Å². The molecule has 0 aliphatic rings. The van der Waals surface area contributed by atoms with Crippen LogP contribution in [0.5, 0.6) is 5.75 Å². The van der Waals surface area contributed by atoms with Crippen LogP contribution in [0, 0.1) is 10.1 Å². The largest absolute Gasteiger partial charge is 0.514 e. The van der Waals surface area contributed by atoms with E-state index in [1.807, 2.05) is 6.08 Å². The lowest BCUT2D eigenvalue weighted by atomic mass is 10.1. The molecule has 0 bridgehead atoms. The maximum atomic E-state index is 11.5. The minimum absolute atomic E-state index is 0.0905. The molecule has 1 rings (SSSR count). The van der Waals surface area contributed by atoms with Crippen molar-refractivity contribution >= 4 is 11.8 Å². The van der Waals surface area contributed by atoms with Crippen molar-refractivity contribution in [3.63, 3.8) is 0 Å². The standard InChI is InChI=1S/C16H21NO5/c1-2-3-4-5-6-7-10-13-21-16(18)22-15-12-9-8-11-14(15)17(19)20/h7-12H,2-6,13H2,1H3. The molecule has 6 nitrogen and oxygen atoms in total. The van der Waals surface area contributed by atoms with E-state index in [1.165, 1.54) is 37.5 Å². The van der Waals surface area contributed by atoms with E-state index in [-0.39, 0.29) is 18.0 Å². The summed E-state index contributed by atoms with van der Waals surface area (Å²) in [7, 11) is 0. The van der Waals surface area contributed by atoms with Gasteiger partial charge in [0.15, 0.2) is 0 Å². The Morgan fingerprint density at radius 2 is 2.00 bits per heavy atom. The van der Waals surface area contributed by atoms with Crippen molar-refractivity contribution in [3.8, 4) is 5.75 Å². The zero-order valence-corrected chi connectivity index (χ0v) is 12.7. The van der Waals surface area contributed by atoms with Gasteiger partial charge in [0.05, 0.1) is 4.92 Å². The number of nitro groups is 1. The van der Waals surface area contributed by atoms with Crippen LogP contribution in [0.25, 0.3) is 0 Å². The van der Waals surface area contributed by atoms with Crippen LogP contribution < -0.4 is 4.74 Å². The number of ether oxygens (including phenoxy) is 2. The minimum atomic E-state index is -0.954. The quantitative estimate of drug-likeness (QED) is 0.166. The van der Waals surface area contributed by atoms with Crippen molar-refractivity contribution in [3.05, 3.63) is 46.5 Å². The molecule has 0 N–H and O–H groups in total. The van der Waals surface area contributed by atoms with Gasteiger partial charge in [0.2, 0.25) is 5.75 Å². The van der Waals surface area contributed by atoms with Crippen LogP contribution in [0.15, 0.2) is 36.4 Å². The molecule has 0 amide bonds. The fourth-order valence-corrected chi connectivity index (χ4v) is 1.80. The second kappa shape index (κ2) is 10.4. The molecular formula is C16H21NO5. The van der Waals surface area contributed by atoms with Crippen molar-refractivity contribution < 1.29 is 19.2 Å². The first-order valence-corrected chi connectivity index (χ1v) is 7.38. The predicted molar refractivity (Wildman–Crippen MR) is 83.0 cm³/mol. The molecular weight excluding hydrogens is 286 g/mol. The maximum absolute atomic E-state index is 11.5. The Hall–Kier alpha value is -2.37. The summed E-state index contributed by atoms with van der Waals surface area (Å²) >= 11 is 0. The van der Waals surface area contributed by atoms with Gasteiger partial charge in [0.1, 0.15) is 6.61 Å². The summed E-state index contributed by atoms with van der Waals surface area (Å²) in [5.74, 6) is -0.124. The van der Waals surface area contributed by atoms with Gasteiger partial charge in [-0.2, -0.15) is 0 Å². The van der Waals surface area contributed by atoms with Crippen LogP contribution in [-0.4, -0.2) is 17.7 Å². The van der Waals surface area contributed by atoms with Crippen molar-refractivity contribution in [2.24, 2.45) is 0 Å². The molecule has 22 heavy (non-hydrogen) atoms. The highest BCUT2D eigenvalue weighted by Gasteiger charge is 2.17. The fourth-order valence-electron chi connectivity index (χ4n) is 1.80. The zero-order chi connectivity index (χ0) is 16.2. The van der Waals surface area contributed by atoms with E-state index in [0.717, 1.165) is 12.8 Å². The van der Waals surface area contributed by atoms with Gasteiger partial charge in [-0.3, -0.25) is 10.1 Å². The Morgan fingerprint density at radius 1 is 1.23 bits per heavy atom. The van der Waals surface area contributed by atoms with E-state index in [9.17, 15) is 14.9 Å². The van der Waals surface area contributed by atoms with Gasteiger partial charge in [-0.25, -0.2) is 4.79 Å². The lowest BCUT2D eigenvalue weighted by Gasteiger charge is -2.04. The van der Waals surface area contributed by atoms with E-state index in [1.54, 1.807) is 12.1 Å². The summed E-state index contributed by atoms with van der Waals surface area (Å²) in [6.45, 7) is 2.25. The third-order valence-corrected chi connectivity index (χ3v) is 2.94. The van der Waals surface area contributed by atoms with Crippen LogP contribution in [0.1, 0.15) is 39.0 Å². The number of rotatable bonds is 9. The lowest BCUT2D eigenvalue weighted by Crippen LogP contribution is -2.11. The summed E-state index contributed by atoms with van der Waals surface area (Å²) in [5.41, 5.74) is -0.272. The summed E-state index contributed by atoms with van der Waals surface area (Å²) < 4.78 is 9.67. The topological polar surface area (TPSA) is 78.7 Å². The van der Waals surface area contributed by atoms with Crippen LogP contribution >= 0.6 is 0 Å². The third-order valence-electron chi connectivity index (χ3n) is 2.94. The number of benzene rings is 1. The van der Waals surface area contributed by atoms with Crippen LogP contribution in [0.2, 0.25) is 0 Å². The van der Waals surface area contributed by atoms with Crippen LogP contribution in [0.3, 0.4) is 0 Å². The Morgan fingerprint density at radius 3 is 2.73 bits per heavy atom. The molecule has 0 saturated carbocycles. The lowest BCUT2D eigenvalue weighted by molar-refractivity contribution is -0.385. The van der Waals surface area contributed by atoms with Gasteiger partial charge >= 0.3 is 11.8 Å². The Kier molecular flexibility index (Phi) is 8.33. The van der Waals surface area contributed by atoms with Crippen molar-refractivity contribution in [1.82, 2.24) is 0 Å². The molecule has 0 aliphatic heterocycles. The van der Waals surface area contributed by atoms with Gasteiger partial charge in [0, 0.05) is 6.07 Å². The SMILES string of the molecule is CCCCCCC=CCOC(=O)Oc1ccccc1[N+](=O)[O-]. The summed E-state index contributed by atoms with van der Waals surface area (Å²) in [6.07, 6.45) is 8.43. The summed E-state index contributed by atoms with van der Waals surface area (Å²) in [4.78, 5) is 21.6. The maximum Gasteiger partial charge on any atom is 0.514 e. The number of para-hydroxylation sites is 2. The number of hydrogen-bond donors (Lipinski definition) is 0. The number of hydrogen-bond acceptors (Lipinski definition) is 5. The highest BCUT2D eigenvalue weighted by molar-refractivity contribution is 5.66. The van der Waals surface area contributed by atoms with Crippen molar-refractivity contribution in [2.45, 2.75) is 39.0 Å². The zero-order valence-electron chi connectivity index (χ0n) is 12.7. The summed E-state index contributed by atoms with van der Waals surface area (Å²) in [6, 6.07) is 5.66. The van der Waals surface area contributed by atoms with E-state index in [0.29, 0.717) is 0 Å². The molecule has 6 heteroatoms. The van der Waals surface area contributed by atoms with Crippen LogP contribution in [-0.2, 0) is 4.74 Å². The molecule has 0 aliphatic carbocycles. The van der Waals surface area contributed by atoms with Crippen molar-refractivity contribution in [1.29, 1.82) is 0 Å². The highest BCUT2D eigenvalue weighted by atomic mass is 16.7.